The van der Waals surface area contributed by atoms with E-state index in [-0.39, 0.29) is 10.6 Å². The van der Waals surface area contributed by atoms with E-state index in [0.717, 1.165) is 12.0 Å². The molecule has 112 valence electrons. The second-order valence-corrected chi connectivity index (χ2v) is 7.77. The van der Waals surface area contributed by atoms with E-state index in [1.165, 1.54) is 28.4 Å². The van der Waals surface area contributed by atoms with Crippen LogP contribution in [0.25, 0.3) is 0 Å². The summed E-state index contributed by atoms with van der Waals surface area (Å²) in [6, 6.07) is 6.64. The van der Waals surface area contributed by atoms with Crippen molar-refractivity contribution in [2.24, 2.45) is 0 Å². The Kier molecular flexibility index (Phi) is 3.64. The van der Waals surface area contributed by atoms with Gasteiger partial charge in [-0.2, -0.15) is 4.31 Å². The summed E-state index contributed by atoms with van der Waals surface area (Å²) in [5.74, 6) is 0.546. The van der Waals surface area contributed by atoms with Crippen molar-refractivity contribution in [2.75, 3.05) is 19.4 Å². The first-order valence-corrected chi connectivity index (χ1v) is 8.83. The van der Waals surface area contributed by atoms with Crippen LogP contribution >= 0.6 is 11.3 Å². The predicted molar refractivity (Wildman–Crippen MR) is 83.0 cm³/mol. The van der Waals surface area contributed by atoms with Crippen LogP contribution in [0.4, 0.5) is 5.69 Å². The molecule has 7 heteroatoms. The molecule has 0 unspecified atom stereocenters. The Balaban J connectivity index is 1.95. The quantitative estimate of drug-likeness (QED) is 0.878. The number of hydrogen-bond acceptors (Lipinski definition) is 5. The van der Waals surface area contributed by atoms with Gasteiger partial charge in [0.05, 0.1) is 12.8 Å². The lowest BCUT2D eigenvalue weighted by atomic mass is 10.1. The molecule has 1 aliphatic heterocycles. The van der Waals surface area contributed by atoms with Gasteiger partial charge in [-0.3, -0.25) is 0 Å². The number of anilines is 1. The summed E-state index contributed by atoms with van der Waals surface area (Å²) in [5, 5.41) is 2.00. The summed E-state index contributed by atoms with van der Waals surface area (Å²) in [4.78, 5) is 1.41. The maximum absolute atomic E-state index is 12.7. The molecule has 1 aromatic heterocycles. The Bertz CT molecular complexity index is 768. The van der Waals surface area contributed by atoms with E-state index in [9.17, 15) is 8.42 Å². The molecule has 21 heavy (non-hydrogen) atoms. The molecule has 0 saturated carbocycles. The zero-order chi connectivity index (χ0) is 15.0. The standard InChI is InChI=1S/C14H16N2O3S2/c1-19-11-2-3-14(12(15)8-11)21(17,18)16-6-4-13-10(9-16)5-7-20-13/h2-3,5,7-8H,4,6,9,15H2,1H3. The molecule has 0 fully saturated rings. The average Bonchev–Trinajstić information content (AvgIpc) is 2.94. The number of sulfonamides is 1. The minimum absolute atomic E-state index is 0.141. The van der Waals surface area contributed by atoms with E-state index in [1.54, 1.807) is 17.4 Å². The van der Waals surface area contributed by atoms with E-state index >= 15 is 0 Å². The Morgan fingerprint density at radius 2 is 2.14 bits per heavy atom. The predicted octanol–water partition coefficient (Wildman–Crippen LogP) is 2.09. The summed E-state index contributed by atoms with van der Waals surface area (Å²) >= 11 is 1.68. The van der Waals surface area contributed by atoms with Gasteiger partial charge >= 0.3 is 0 Å². The van der Waals surface area contributed by atoms with Crippen LogP contribution < -0.4 is 10.5 Å². The van der Waals surface area contributed by atoms with Crippen LogP contribution in [0.15, 0.2) is 34.5 Å². The number of rotatable bonds is 3. The molecule has 5 nitrogen and oxygen atoms in total. The molecule has 0 amide bonds. The molecule has 1 aliphatic rings. The highest BCUT2D eigenvalue weighted by Gasteiger charge is 2.30. The topological polar surface area (TPSA) is 72.6 Å². The minimum Gasteiger partial charge on any atom is -0.497 e. The van der Waals surface area contributed by atoms with Gasteiger partial charge in [0.1, 0.15) is 10.6 Å². The highest BCUT2D eigenvalue weighted by Crippen LogP contribution is 2.31. The highest BCUT2D eigenvalue weighted by molar-refractivity contribution is 7.89. The molecular formula is C14H16N2O3S2. The van der Waals surface area contributed by atoms with Crippen molar-refractivity contribution in [3.63, 3.8) is 0 Å². The third-order valence-corrected chi connectivity index (χ3v) is 6.55. The van der Waals surface area contributed by atoms with Crippen LogP contribution in [0.5, 0.6) is 5.75 Å². The molecule has 2 aromatic rings. The van der Waals surface area contributed by atoms with Crippen LogP contribution in [0.2, 0.25) is 0 Å². The number of thiophene rings is 1. The van der Waals surface area contributed by atoms with Crippen LogP contribution in [0.3, 0.4) is 0 Å². The number of hydrogen-bond donors (Lipinski definition) is 1. The fraction of sp³-hybridized carbons (Fsp3) is 0.286. The van der Waals surface area contributed by atoms with Crippen molar-refractivity contribution in [1.29, 1.82) is 0 Å². The van der Waals surface area contributed by atoms with E-state index < -0.39 is 10.0 Å². The molecule has 3 rings (SSSR count). The largest absolute Gasteiger partial charge is 0.497 e. The lowest BCUT2D eigenvalue weighted by molar-refractivity contribution is 0.394. The van der Waals surface area contributed by atoms with Gasteiger partial charge in [-0.05, 0) is 35.6 Å². The first-order chi connectivity index (χ1) is 10.0. The molecule has 0 atom stereocenters. The molecule has 0 bridgehead atoms. The summed E-state index contributed by atoms with van der Waals surface area (Å²) in [5.41, 5.74) is 7.18. The van der Waals surface area contributed by atoms with Gasteiger partial charge in [-0.15, -0.1) is 11.3 Å². The molecule has 0 aliphatic carbocycles. The molecule has 0 spiro atoms. The Hall–Kier alpha value is -1.57. The monoisotopic (exact) mass is 324 g/mol. The number of nitrogen functional groups attached to an aromatic ring is 1. The fourth-order valence-electron chi connectivity index (χ4n) is 2.46. The first-order valence-electron chi connectivity index (χ1n) is 6.51. The van der Waals surface area contributed by atoms with Crippen LogP contribution in [-0.4, -0.2) is 26.4 Å². The molecule has 0 radical (unpaired) electrons. The number of benzene rings is 1. The maximum Gasteiger partial charge on any atom is 0.245 e. The summed E-state index contributed by atoms with van der Waals surface area (Å²) in [6.07, 6.45) is 0.752. The van der Waals surface area contributed by atoms with Crippen LogP contribution in [0.1, 0.15) is 10.4 Å². The lowest BCUT2D eigenvalue weighted by Gasteiger charge is -2.26. The zero-order valence-corrected chi connectivity index (χ0v) is 13.2. The number of nitrogens with two attached hydrogens (primary N) is 1. The van der Waals surface area contributed by atoms with Crippen LogP contribution in [-0.2, 0) is 23.0 Å². The summed E-state index contributed by atoms with van der Waals surface area (Å²) in [7, 11) is -2.06. The van der Waals surface area contributed by atoms with Gasteiger partial charge in [0.2, 0.25) is 10.0 Å². The van der Waals surface area contributed by atoms with Gasteiger partial charge in [0.25, 0.3) is 0 Å². The number of ether oxygens (including phenoxy) is 1. The smallest absolute Gasteiger partial charge is 0.245 e. The number of fused-ring (bicyclic) bond motifs is 1. The van der Waals surface area contributed by atoms with Crippen molar-refractivity contribution >= 4 is 27.0 Å². The van der Waals surface area contributed by atoms with Gasteiger partial charge in [-0.25, -0.2) is 8.42 Å². The van der Waals surface area contributed by atoms with Gasteiger partial charge in [0, 0.05) is 24.0 Å². The van der Waals surface area contributed by atoms with Crippen molar-refractivity contribution in [3.05, 3.63) is 40.1 Å². The highest BCUT2D eigenvalue weighted by atomic mass is 32.2. The summed E-state index contributed by atoms with van der Waals surface area (Å²) in [6.45, 7) is 0.897. The molecular weight excluding hydrogens is 308 g/mol. The Labute approximate surface area is 128 Å². The lowest BCUT2D eigenvalue weighted by Crippen LogP contribution is -2.35. The maximum atomic E-state index is 12.7. The van der Waals surface area contributed by atoms with Crippen molar-refractivity contribution in [3.8, 4) is 5.75 Å². The average molecular weight is 324 g/mol. The third-order valence-electron chi connectivity index (χ3n) is 3.61. The molecule has 1 aromatic carbocycles. The second-order valence-electron chi connectivity index (χ2n) is 4.86. The third kappa shape index (κ3) is 2.52. The number of nitrogens with zero attached hydrogens (tertiary/aromatic N) is 1. The number of methoxy groups -OCH3 is 1. The fourth-order valence-corrected chi connectivity index (χ4v) is 4.86. The summed E-state index contributed by atoms with van der Waals surface area (Å²) < 4.78 is 32.0. The van der Waals surface area contributed by atoms with E-state index in [4.69, 9.17) is 10.5 Å². The second kappa shape index (κ2) is 5.32. The van der Waals surface area contributed by atoms with E-state index in [1.807, 2.05) is 11.4 Å². The molecule has 0 saturated heterocycles. The Morgan fingerprint density at radius 3 is 2.86 bits per heavy atom. The normalized spacial score (nSPS) is 15.7. The van der Waals surface area contributed by atoms with E-state index in [2.05, 4.69) is 0 Å². The zero-order valence-electron chi connectivity index (χ0n) is 11.6. The minimum atomic E-state index is -3.58. The van der Waals surface area contributed by atoms with Gasteiger partial charge in [-0.1, -0.05) is 0 Å². The van der Waals surface area contributed by atoms with Gasteiger partial charge < -0.3 is 10.5 Å². The van der Waals surface area contributed by atoms with E-state index in [0.29, 0.717) is 18.8 Å². The molecule has 2 heterocycles. The Morgan fingerprint density at radius 1 is 1.33 bits per heavy atom. The molecule has 2 N–H and O–H groups in total. The van der Waals surface area contributed by atoms with Crippen molar-refractivity contribution < 1.29 is 13.2 Å². The van der Waals surface area contributed by atoms with Gasteiger partial charge in [0.15, 0.2) is 0 Å². The van der Waals surface area contributed by atoms with Crippen molar-refractivity contribution in [2.45, 2.75) is 17.9 Å². The first kappa shape index (κ1) is 14.4. The SMILES string of the molecule is COc1ccc(S(=O)(=O)N2CCc3sccc3C2)c(N)c1. The van der Waals surface area contributed by atoms with Crippen molar-refractivity contribution in [1.82, 2.24) is 4.31 Å². The van der Waals surface area contributed by atoms with Crippen LogP contribution in [0, 0.1) is 0 Å².